The second-order valence-electron chi connectivity index (χ2n) is 19.3. The zero-order valence-corrected chi connectivity index (χ0v) is 42.3. The van der Waals surface area contributed by atoms with Crippen molar-refractivity contribution in [2.24, 2.45) is 0 Å². The van der Waals surface area contributed by atoms with Crippen LogP contribution in [0, 0.1) is 55.4 Å². The van der Waals surface area contributed by atoms with Crippen LogP contribution < -0.4 is 9.47 Å². The second kappa shape index (κ2) is 21.1. The van der Waals surface area contributed by atoms with E-state index < -0.39 is 23.8 Å². The Bertz CT molecular complexity index is 3070. The molecule has 10 heteroatoms. The largest absolute Gasteiger partial charge is 0.508 e. The van der Waals surface area contributed by atoms with Gasteiger partial charge in [0.15, 0.2) is 0 Å². The quantitative estimate of drug-likeness (QED) is 0.0512. The number of rotatable bonds is 16. The van der Waals surface area contributed by atoms with Crippen molar-refractivity contribution in [3.8, 4) is 34.5 Å². The summed E-state index contributed by atoms with van der Waals surface area (Å²) in [6, 6.07) is 40.6. The van der Waals surface area contributed by atoms with E-state index >= 15 is 0 Å². The summed E-state index contributed by atoms with van der Waals surface area (Å²) in [6.45, 7) is 15.7. The van der Waals surface area contributed by atoms with E-state index in [1.807, 2.05) is 104 Å². The smallest absolute Gasteiger partial charge is 0.335 e. The molecule has 0 spiro atoms. The number of benzene rings is 8. The molecule has 0 atom stereocenters. The highest BCUT2D eigenvalue weighted by molar-refractivity contribution is 5.88. The highest BCUT2D eigenvalue weighted by Crippen LogP contribution is 2.46. The Morgan fingerprint density at radius 2 is 0.630 bits per heavy atom. The molecule has 0 radical (unpaired) electrons. The summed E-state index contributed by atoms with van der Waals surface area (Å²) in [5.74, 6) is -0.955. The summed E-state index contributed by atoms with van der Waals surface area (Å²) in [5, 5.41) is 62.7. The van der Waals surface area contributed by atoms with Gasteiger partial charge in [-0.3, -0.25) is 0 Å². The number of carboxylic acid groups (broad SMARTS) is 2. The average Bonchev–Trinajstić information content (AvgIpc) is 3.35. The van der Waals surface area contributed by atoms with E-state index in [1.54, 1.807) is 72.8 Å². The van der Waals surface area contributed by atoms with Crippen molar-refractivity contribution < 1.29 is 49.7 Å². The number of aromatic carboxylic acids is 2. The van der Waals surface area contributed by atoms with E-state index in [-0.39, 0.29) is 47.3 Å². The molecule has 0 fully saturated rings. The Balaban J connectivity index is 1.31. The van der Waals surface area contributed by atoms with Gasteiger partial charge in [0, 0.05) is 23.0 Å². The molecule has 73 heavy (non-hydrogen) atoms. The van der Waals surface area contributed by atoms with Crippen LogP contribution in [0.3, 0.4) is 0 Å². The number of aryl methyl sites for hydroxylation is 8. The lowest BCUT2D eigenvalue weighted by Gasteiger charge is -2.27. The zero-order valence-electron chi connectivity index (χ0n) is 42.3. The second-order valence-corrected chi connectivity index (χ2v) is 19.3. The van der Waals surface area contributed by atoms with Crippen LogP contribution in [0.5, 0.6) is 34.5 Å². The van der Waals surface area contributed by atoms with E-state index in [1.165, 1.54) is 0 Å². The first kappa shape index (κ1) is 50.9. The molecule has 6 N–H and O–H groups in total. The van der Waals surface area contributed by atoms with Crippen LogP contribution >= 0.6 is 0 Å². The summed E-state index contributed by atoms with van der Waals surface area (Å²) in [6.07, 6.45) is 0.468. The monoisotopic (exact) mass is 976 g/mol. The molecular formula is C63H60O10. The van der Waals surface area contributed by atoms with Crippen LogP contribution in [0.15, 0.2) is 133 Å². The van der Waals surface area contributed by atoms with Gasteiger partial charge in [-0.25, -0.2) is 9.59 Å². The number of phenolic OH excluding ortho intramolecular Hbond substituents is 4. The van der Waals surface area contributed by atoms with Crippen molar-refractivity contribution in [2.45, 2.75) is 86.9 Å². The molecule has 8 aromatic carbocycles. The lowest BCUT2D eigenvalue weighted by atomic mass is 9.78. The van der Waals surface area contributed by atoms with Crippen LogP contribution in [-0.2, 0) is 19.6 Å². The van der Waals surface area contributed by atoms with Gasteiger partial charge in [0.1, 0.15) is 47.7 Å². The number of hydrogen-bond acceptors (Lipinski definition) is 8. The minimum Gasteiger partial charge on any atom is -0.508 e. The fourth-order valence-corrected chi connectivity index (χ4v) is 9.72. The third kappa shape index (κ3) is 11.0. The summed E-state index contributed by atoms with van der Waals surface area (Å²) in [5.41, 5.74) is 15.6. The number of carbonyl (C=O) groups is 2. The topological polar surface area (TPSA) is 174 Å². The van der Waals surface area contributed by atoms with Crippen molar-refractivity contribution >= 4 is 11.9 Å². The Kier molecular flexibility index (Phi) is 14.7. The van der Waals surface area contributed by atoms with Gasteiger partial charge in [0.25, 0.3) is 0 Å². The summed E-state index contributed by atoms with van der Waals surface area (Å²) < 4.78 is 13.4. The molecule has 8 rings (SSSR count). The van der Waals surface area contributed by atoms with Crippen LogP contribution in [0.4, 0.5) is 0 Å². The van der Waals surface area contributed by atoms with Crippen LogP contribution in [0.25, 0.3) is 0 Å². The predicted octanol–water partition coefficient (Wildman–Crippen LogP) is 13.5. The predicted molar refractivity (Wildman–Crippen MR) is 283 cm³/mol. The molecule has 372 valence electrons. The summed E-state index contributed by atoms with van der Waals surface area (Å²) >= 11 is 0. The molecule has 0 aliphatic rings. The van der Waals surface area contributed by atoms with Crippen molar-refractivity contribution in [1.29, 1.82) is 0 Å². The third-order valence-electron chi connectivity index (χ3n) is 14.0. The molecule has 0 unspecified atom stereocenters. The molecule has 0 bridgehead atoms. The van der Waals surface area contributed by atoms with Crippen LogP contribution in [0.2, 0.25) is 0 Å². The summed E-state index contributed by atoms with van der Waals surface area (Å²) in [4.78, 5) is 23.3. The number of ether oxygens (including phenoxy) is 2. The maximum atomic E-state index is 11.7. The van der Waals surface area contributed by atoms with Gasteiger partial charge in [-0.1, -0.05) is 72.8 Å². The van der Waals surface area contributed by atoms with Gasteiger partial charge < -0.3 is 40.1 Å². The van der Waals surface area contributed by atoms with Gasteiger partial charge in [0.05, 0.1) is 11.1 Å². The lowest BCUT2D eigenvalue weighted by molar-refractivity contribution is 0.0686. The molecule has 0 saturated carbocycles. The van der Waals surface area contributed by atoms with Crippen molar-refractivity contribution in [2.75, 3.05) is 0 Å². The number of carboxylic acids is 2. The maximum absolute atomic E-state index is 11.7. The van der Waals surface area contributed by atoms with E-state index in [4.69, 9.17) is 9.47 Å². The summed E-state index contributed by atoms with van der Waals surface area (Å²) in [7, 11) is 0. The van der Waals surface area contributed by atoms with Crippen molar-refractivity contribution in [3.63, 3.8) is 0 Å². The van der Waals surface area contributed by atoms with Gasteiger partial charge in [-0.05, 0) is 211 Å². The molecule has 10 nitrogen and oxygen atoms in total. The van der Waals surface area contributed by atoms with Gasteiger partial charge in [-0.2, -0.15) is 0 Å². The molecule has 0 aromatic heterocycles. The van der Waals surface area contributed by atoms with E-state index in [0.29, 0.717) is 40.2 Å². The molecular weight excluding hydrogens is 917 g/mol. The standard InChI is InChI=1S/C63H60O10/c1-34-25-54(64)38(5)21-48(34)60(49-22-39(6)55(65)26-35(49)2)52-30-44(13-19-58(52)72-32-42-9-15-46(16-10-42)62(68)69)29-45-14-20-59(73-33-43-11-17-47(18-12-43)63(70)71)53(31-45)61(50-23-40(7)56(66)27-36(50)3)51-24-41(8)57(67)28-37(51)4/h9-28,30-31,60-61,64-67H,29,32-33H2,1-8H3,(H,68,69)(H,70,71). The third-order valence-corrected chi connectivity index (χ3v) is 14.0. The molecule has 0 aliphatic heterocycles. The Morgan fingerprint density at radius 3 is 0.904 bits per heavy atom. The fraction of sp³-hybridized carbons (Fsp3) is 0.206. The van der Waals surface area contributed by atoms with Crippen LogP contribution in [0.1, 0.15) is 133 Å². The molecule has 0 saturated heterocycles. The maximum Gasteiger partial charge on any atom is 0.335 e. The Morgan fingerprint density at radius 1 is 0.356 bits per heavy atom. The first-order valence-electron chi connectivity index (χ1n) is 24.1. The lowest BCUT2D eigenvalue weighted by Crippen LogP contribution is -2.12. The minimum atomic E-state index is -1.02. The Hall–Kier alpha value is -8.50. The average molecular weight is 977 g/mol. The fourth-order valence-electron chi connectivity index (χ4n) is 9.72. The zero-order chi connectivity index (χ0) is 52.4. The van der Waals surface area contributed by atoms with E-state index in [9.17, 15) is 40.2 Å². The molecule has 0 heterocycles. The Labute approximate surface area is 426 Å². The highest BCUT2D eigenvalue weighted by Gasteiger charge is 2.29. The SMILES string of the molecule is Cc1cc(C(c2cc(C)c(O)cc2C)c2cc(Cc3ccc(OCc4ccc(C(=O)O)cc4)c(C(c4cc(C)c(O)cc4C)c4cc(C)c(O)cc4C)c3)ccc2OCc2ccc(C(=O)O)cc2)c(C)cc1O. The van der Waals surface area contributed by atoms with Gasteiger partial charge in [0.2, 0.25) is 0 Å². The molecule has 8 aromatic rings. The first-order valence-corrected chi connectivity index (χ1v) is 24.1. The number of hydrogen-bond donors (Lipinski definition) is 6. The first-order chi connectivity index (χ1) is 34.8. The molecule has 0 aliphatic carbocycles. The van der Waals surface area contributed by atoms with Gasteiger partial charge >= 0.3 is 11.9 Å². The van der Waals surface area contributed by atoms with E-state index in [0.717, 1.165) is 77.9 Å². The number of aromatic hydroxyl groups is 4. The number of phenols is 4. The highest BCUT2D eigenvalue weighted by atomic mass is 16.5. The normalized spacial score (nSPS) is 11.3. The molecule has 0 amide bonds. The van der Waals surface area contributed by atoms with Crippen molar-refractivity contribution in [3.05, 3.63) is 245 Å². The van der Waals surface area contributed by atoms with Crippen molar-refractivity contribution in [1.82, 2.24) is 0 Å². The van der Waals surface area contributed by atoms with E-state index in [2.05, 4.69) is 12.1 Å². The van der Waals surface area contributed by atoms with Gasteiger partial charge in [-0.15, -0.1) is 0 Å². The minimum absolute atomic E-state index is 0.155. The van der Waals surface area contributed by atoms with Crippen LogP contribution in [-0.4, -0.2) is 42.6 Å².